The summed E-state index contributed by atoms with van der Waals surface area (Å²) in [5, 5.41) is 0. The molecule has 200 valence electrons. The van der Waals surface area contributed by atoms with Crippen molar-refractivity contribution in [1.82, 2.24) is 24.5 Å². The van der Waals surface area contributed by atoms with Crippen LogP contribution in [0.3, 0.4) is 0 Å². The molecule has 1 N–H and O–H groups in total. The van der Waals surface area contributed by atoms with Gasteiger partial charge < -0.3 is 14.3 Å². The monoisotopic (exact) mass is 555 g/mol. The van der Waals surface area contributed by atoms with Crippen molar-refractivity contribution < 1.29 is 4.74 Å². The number of thiophene rings is 1. The van der Waals surface area contributed by atoms with E-state index in [0.717, 1.165) is 49.0 Å². The molecule has 4 aromatic heterocycles. The first-order chi connectivity index (χ1) is 20.2. The fourth-order valence-corrected chi connectivity index (χ4v) is 5.98. The minimum absolute atomic E-state index is 0.183. The van der Waals surface area contributed by atoms with Gasteiger partial charge >= 0.3 is 0 Å². The highest BCUT2D eigenvalue weighted by molar-refractivity contribution is 7.18. The fraction of sp³-hybridized carbons (Fsp3) is 0.0909. The highest BCUT2D eigenvalue weighted by Gasteiger charge is 2.17. The van der Waals surface area contributed by atoms with Crippen LogP contribution in [0.25, 0.3) is 43.2 Å². The van der Waals surface area contributed by atoms with Crippen molar-refractivity contribution in [3.8, 4) is 26.9 Å². The Morgan fingerprint density at radius 1 is 0.805 bits per heavy atom. The number of ether oxygens (including phenoxy) is 1. The molecule has 0 saturated carbocycles. The second-order valence-corrected chi connectivity index (χ2v) is 10.8. The normalized spacial score (nSPS) is 11.3. The minimum atomic E-state index is -0.183. The number of nitrogens with one attached hydrogen (secondary N) is 1. The average Bonchev–Trinajstić information content (AvgIpc) is 3.63. The van der Waals surface area contributed by atoms with E-state index in [1.807, 2.05) is 84.9 Å². The Balaban J connectivity index is 1.31. The van der Waals surface area contributed by atoms with Gasteiger partial charge in [0.15, 0.2) is 5.82 Å². The number of hydrogen-bond acceptors (Lipinski definition) is 6. The lowest BCUT2D eigenvalue weighted by Crippen LogP contribution is -2.15. The number of aromatic amines is 1. The maximum Gasteiger partial charge on any atom is 0.270 e. The van der Waals surface area contributed by atoms with Crippen molar-refractivity contribution in [2.75, 3.05) is 6.61 Å². The van der Waals surface area contributed by atoms with Crippen molar-refractivity contribution in [2.45, 2.75) is 13.0 Å². The van der Waals surface area contributed by atoms with Crippen LogP contribution in [0.5, 0.6) is 5.75 Å². The number of pyridine rings is 1. The van der Waals surface area contributed by atoms with Gasteiger partial charge in [0.05, 0.1) is 33.5 Å². The number of imidazole rings is 1. The minimum Gasteiger partial charge on any atom is -0.492 e. The summed E-state index contributed by atoms with van der Waals surface area (Å²) in [5.74, 6) is 1.67. The first kappa shape index (κ1) is 24.9. The molecule has 0 unspecified atom stereocenters. The van der Waals surface area contributed by atoms with Gasteiger partial charge in [0, 0.05) is 23.7 Å². The molecular weight excluding hydrogens is 530 g/mol. The number of H-pyrrole nitrogens is 1. The van der Waals surface area contributed by atoms with E-state index in [0.29, 0.717) is 30.8 Å². The molecule has 41 heavy (non-hydrogen) atoms. The van der Waals surface area contributed by atoms with Crippen molar-refractivity contribution in [3.63, 3.8) is 0 Å². The Labute approximate surface area is 239 Å². The van der Waals surface area contributed by atoms with Crippen molar-refractivity contribution >= 4 is 33.4 Å². The van der Waals surface area contributed by atoms with E-state index in [4.69, 9.17) is 14.7 Å². The third-order valence-electron chi connectivity index (χ3n) is 6.96. The third-order valence-corrected chi connectivity index (χ3v) is 8.09. The van der Waals surface area contributed by atoms with E-state index in [-0.39, 0.29) is 5.56 Å². The zero-order valence-corrected chi connectivity index (χ0v) is 22.8. The van der Waals surface area contributed by atoms with Crippen molar-refractivity contribution in [1.29, 1.82) is 0 Å². The molecule has 0 amide bonds. The van der Waals surface area contributed by atoms with Gasteiger partial charge in [-0.3, -0.25) is 9.78 Å². The van der Waals surface area contributed by atoms with Crippen LogP contribution in [0.2, 0.25) is 0 Å². The number of nitrogens with zero attached hydrogens (tertiary/aromatic N) is 4. The quantitative estimate of drug-likeness (QED) is 0.225. The largest absolute Gasteiger partial charge is 0.492 e. The van der Waals surface area contributed by atoms with Crippen LogP contribution in [-0.2, 0) is 13.0 Å². The Morgan fingerprint density at radius 2 is 1.56 bits per heavy atom. The standard InChI is InChI=1S/C33H25N5O2S/c39-33-28(19-22-7-3-1-4-8-22)35-26-21-29-27(20-25(26)37-33)36-32(38(29)17-18-40-24-9-5-2-6-10-24)31-12-11-30(41-31)23-13-15-34-16-14-23/h1-16,20-21H,17-19H2,(H,37,39). The Kier molecular flexibility index (Phi) is 6.58. The summed E-state index contributed by atoms with van der Waals surface area (Å²) in [6.45, 7) is 1.07. The van der Waals surface area contributed by atoms with Gasteiger partial charge in [-0.25, -0.2) is 9.97 Å². The number of rotatable bonds is 8. The van der Waals surface area contributed by atoms with Crippen LogP contribution in [0.15, 0.2) is 114 Å². The van der Waals surface area contributed by atoms with Crippen LogP contribution in [0.4, 0.5) is 0 Å². The fourth-order valence-electron chi connectivity index (χ4n) is 4.97. The summed E-state index contributed by atoms with van der Waals surface area (Å²) in [4.78, 5) is 32.1. The van der Waals surface area contributed by atoms with Crippen LogP contribution in [0.1, 0.15) is 11.3 Å². The smallest absolute Gasteiger partial charge is 0.270 e. The predicted molar refractivity (Wildman–Crippen MR) is 163 cm³/mol. The topological polar surface area (TPSA) is 85.7 Å². The lowest BCUT2D eigenvalue weighted by atomic mass is 10.1. The number of hydrogen-bond donors (Lipinski definition) is 1. The molecule has 0 aliphatic carbocycles. The molecule has 0 aliphatic rings. The van der Waals surface area contributed by atoms with Gasteiger partial charge in [-0.1, -0.05) is 48.5 Å². The lowest BCUT2D eigenvalue weighted by molar-refractivity contribution is 0.301. The molecule has 7 aromatic rings. The Hall–Kier alpha value is -5.08. The van der Waals surface area contributed by atoms with Crippen LogP contribution < -0.4 is 10.3 Å². The van der Waals surface area contributed by atoms with Crippen molar-refractivity contribution in [2.24, 2.45) is 0 Å². The molecule has 0 saturated heterocycles. The second-order valence-electron chi connectivity index (χ2n) is 9.68. The summed E-state index contributed by atoms with van der Waals surface area (Å²) in [5.41, 5.74) is 5.58. The number of para-hydroxylation sites is 1. The zero-order chi connectivity index (χ0) is 27.6. The van der Waals surface area contributed by atoms with E-state index >= 15 is 0 Å². The number of fused-ring (bicyclic) bond motifs is 2. The molecule has 7 rings (SSSR count). The molecule has 0 fully saturated rings. The van der Waals surface area contributed by atoms with Crippen LogP contribution in [0, 0.1) is 0 Å². The molecule has 0 radical (unpaired) electrons. The summed E-state index contributed by atoms with van der Waals surface area (Å²) in [6, 6.07) is 31.9. The van der Waals surface area contributed by atoms with E-state index in [1.165, 1.54) is 0 Å². The van der Waals surface area contributed by atoms with Gasteiger partial charge in [0.1, 0.15) is 18.1 Å². The molecule has 3 aromatic carbocycles. The summed E-state index contributed by atoms with van der Waals surface area (Å²) < 4.78 is 8.25. The van der Waals surface area contributed by atoms with Crippen molar-refractivity contribution in [3.05, 3.63) is 131 Å². The Bertz CT molecular complexity index is 2020. The number of benzene rings is 3. The van der Waals surface area contributed by atoms with Gasteiger partial charge in [0.2, 0.25) is 0 Å². The summed E-state index contributed by atoms with van der Waals surface area (Å²) in [7, 11) is 0. The molecule has 4 heterocycles. The van der Waals surface area contributed by atoms with Gasteiger partial charge in [0.25, 0.3) is 5.56 Å². The third kappa shape index (κ3) is 5.13. The predicted octanol–water partition coefficient (Wildman–Crippen LogP) is 6.73. The van der Waals surface area contributed by atoms with E-state index < -0.39 is 0 Å². The second kappa shape index (κ2) is 10.8. The molecular formula is C33H25N5O2S. The molecule has 0 atom stereocenters. The summed E-state index contributed by atoms with van der Waals surface area (Å²) in [6.07, 6.45) is 4.07. The maximum atomic E-state index is 12.9. The van der Waals surface area contributed by atoms with Crippen LogP contribution in [-0.4, -0.2) is 31.1 Å². The molecule has 0 bridgehead atoms. The van der Waals surface area contributed by atoms with Gasteiger partial charge in [-0.2, -0.15) is 0 Å². The zero-order valence-electron chi connectivity index (χ0n) is 22.0. The lowest BCUT2D eigenvalue weighted by Gasteiger charge is -2.11. The molecule has 0 aliphatic heterocycles. The SMILES string of the molecule is O=c1[nH]c2cc3nc(-c4ccc(-c5ccncc5)s4)n(CCOc4ccccc4)c3cc2nc1Cc1ccccc1. The van der Waals surface area contributed by atoms with E-state index in [1.54, 1.807) is 23.7 Å². The first-order valence-corrected chi connectivity index (χ1v) is 14.2. The maximum absolute atomic E-state index is 12.9. The van der Waals surface area contributed by atoms with E-state index in [2.05, 4.69) is 26.7 Å². The summed E-state index contributed by atoms with van der Waals surface area (Å²) >= 11 is 1.68. The molecule has 8 heteroatoms. The van der Waals surface area contributed by atoms with E-state index in [9.17, 15) is 4.79 Å². The Morgan fingerprint density at radius 3 is 2.37 bits per heavy atom. The highest BCUT2D eigenvalue weighted by Crippen LogP contribution is 2.36. The molecule has 0 spiro atoms. The highest BCUT2D eigenvalue weighted by atomic mass is 32.1. The van der Waals surface area contributed by atoms with Gasteiger partial charge in [-0.15, -0.1) is 11.3 Å². The van der Waals surface area contributed by atoms with Crippen LogP contribution >= 0.6 is 11.3 Å². The molecule has 7 nitrogen and oxygen atoms in total. The first-order valence-electron chi connectivity index (χ1n) is 13.4. The number of aromatic nitrogens is 5. The van der Waals surface area contributed by atoms with Gasteiger partial charge in [-0.05, 0) is 59.7 Å². The average molecular weight is 556 g/mol.